The molecule has 772 valence electrons. The van der Waals surface area contributed by atoms with Gasteiger partial charge in [0.2, 0.25) is 6.34 Å². The lowest BCUT2D eigenvalue weighted by Crippen LogP contribution is -2.33. The second-order valence-electron chi connectivity index (χ2n) is 39.9. The van der Waals surface area contributed by atoms with Crippen LogP contribution < -0.4 is 32.2 Å². The van der Waals surface area contributed by atoms with Crippen molar-refractivity contribution in [2.45, 2.75) is 235 Å². The van der Waals surface area contributed by atoms with Crippen molar-refractivity contribution in [3.05, 3.63) is 90.1 Å². The molecule has 9 aromatic heterocycles. The Hall–Kier alpha value is -8.13. The number of aliphatic imine (C=N–C) groups is 1. The Kier molecular flexibility index (Phi) is 38.7. The molecule has 0 spiro atoms. The number of nitrogen functional groups attached to an aromatic ring is 2. The van der Waals surface area contributed by atoms with E-state index in [0.717, 1.165) is 55.9 Å². The summed E-state index contributed by atoms with van der Waals surface area (Å²) in [5.41, 5.74) is 22.0. The van der Waals surface area contributed by atoms with Crippen molar-refractivity contribution in [1.29, 1.82) is 0 Å². The van der Waals surface area contributed by atoms with Gasteiger partial charge >= 0.3 is 11.8 Å². The molecule has 140 heavy (non-hydrogen) atoms. The third-order valence-corrected chi connectivity index (χ3v) is 33.0. The van der Waals surface area contributed by atoms with Crippen LogP contribution in [0.2, 0.25) is 0 Å². The topological polar surface area (TPSA) is 536 Å². The number of thioether (sulfide) groups is 1. The Bertz CT molecular complexity index is 6200. The predicted molar refractivity (Wildman–Crippen MR) is 577 cm³/mol. The standard InChI is InChI=1S/C21H33N5O4P.C21H34N5O3PS.C20H32N5O3P.C17H27N4O3P.C16H25N4O3P/c1-7-13(2)8-10-22-18-15-19(25-21(24-18)29-3)26(12-23-15)20-17(28)16(27)14(30-20)9-11-31(4,5)6;1-7-13(2)8-10-22-18-15-19(25-21(24-18)31-6)26(12-23-15)20-17(28)16(27)14(29-20)9-11-30(3,4)5;1-6-13(2)7-9-21-18-15-19(23-11-22-18)25(12-24-15)20-17(27)16(26)14(28-20)8-10-29(3,4)5;1-5-12-20-13-10(18)6-8-19-16(13)21(12)17-15(23)14(22)11(24-17)7-9-25(2,3)4;1-9-19-12-10(17)5-7-18-15(12)20(9)16-14(22)13(21)11(23-16)6-8-24(2,3)4/h8,12,14,16-17,27-28H,4,7,9-11H2,1-3,5-6H3,(H,22,24,25);8,12,14,16-17,20,27-28H,3,7,9-11H2,1-2,4-6H3,(H,22,24,25);7,11-12,14,16-17,20,26-27H,3,6,8-10H2,1-2,4-5H3,(H,21,22,23);6,8,11,14-15,17,22-23H,2,5,7,9H2,1,3-4H3,(H2,18,19);5,7,11,13-14,16,21-22H,2,6,8H2,1,3-4H3,(H2,17,18)/q+1;;;;/b13-8-,26-20?;13-8-;13-7-;;/t14-,16-,17-;2*14-,16-,17-,20-;11-,14-,15-,17-;11-,13-,14-,16-/m11111/s1. The summed E-state index contributed by atoms with van der Waals surface area (Å²) in [7, 11) is 1.49. The molecule has 5 fully saturated rings. The van der Waals surface area contributed by atoms with Crippen molar-refractivity contribution >= 4 is 175 Å². The fraction of sp³-hybridized carbons (Fsp3) is 0.589. The maximum absolute atomic E-state index is 10.7. The quantitative estimate of drug-likeness (QED) is 0.00586. The summed E-state index contributed by atoms with van der Waals surface area (Å²) in [6.45, 7) is 33.5. The zero-order chi connectivity index (χ0) is 103. The number of aliphatic hydroxyl groups is 10. The summed E-state index contributed by atoms with van der Waals surface area (Å²) < 4.78 is 43.8. The number of ether oxygens (including phenoxy) is 6. The summed E-state index contributed by atoms with van der Waals surface area (Å²) >= 11 is 1.43. The van der Waals surface area contributed by atoms with Crippen LogP contribution in [0.5, 0.6) is 6.01 Å². The van der Waals surface area contributed by atoms with Crippen molar-refractivity contribution in [1.82, 2.24) is 78.1 Å². The predicted octanol–water partition coefficient (Wildman–Crippen LogP) is 9.87. The minimum atomic E-state index is -1.27. The zero-order valence-electron chi connectivity index (χ0n) is 84.6. The maximum Gasteiger partial charge on any atom is 0.397 e. The number of hydrogen-bond donors (Lipinski definition) is 15. The lowest BCUT2D eigenvalue weighted by atomic mass is 10.1. The molecule has 0 bridgehead atoms. The number of anilines is 5. The number of aryl methyl sites for hydroxylation is 2. The lowest BCUT2D eigenvalue weighted by molar-refractivity contribution is -0.313. The Balaban J connectivity index is 0.000000168. The van der Waals surface area contributed by atoms with Crippen LogP contribution in [0, 0.1) is 6.92 Å². The summed E-state index contributed by atoms with van der Waals surface area (Å²) in [5.74, 6) is 3.78. The molecular formula is C95H151N23O16P5S+. The van der Waals surface area contributed by atoms with E-state index in [-0.39, 0.29) is 11.9 Å². The second kappa shape index (κ2) is 48.3. The molecule has 6 aliphatic rings. The van der Waals surface area contributed by atoms with Gasteiger partial charge in [0, 0.05) is 38.4 Å². The van der Waals surface area contributed by atoms with Crippen molar-refractivity contribution < 1.29 is 84.1 Å². The maximum atomic E-state index is 10.7. The Morgan fingerprint density at radius 3 is 1.32 bits per heavy atom. The molecule has 15 rings (SSSR count). The van der Waals surface area contributed by atoms with Gasteiger partial charge in [0.25, 0.3) is 11.6 Å². The van der Waals surface area contributed by atoms with Gasteiger partial charge in [-0.05, 0) is 200 Å². The van der Waals surface area contributed by atoms with Gasteiger partial charge in [-0.25, -0.2) is 49.8 Å². The highest BCUT2D eigenvalue weighted by molar-refractivity contribution is 7.98. The van der Waals surface area contributed by atoms with Gasteiger partial charge in [0.1, 0.15) is 90.0 Å². The number of fused-ring (bicyclic) bond motifs is 5. The first-order valence-corrected chi connectivity index (χ1v) is 63.9. The van der Waals surface area contributed by atoms with E-state index in [0.29, 0.717) is 154 Å². The van der Waals surface area contributed by atoms with Gasteiger partial charge in [0.15, 0.2) is 87.2 Å². The number of aromatic nitrogens is 16. The summed E-state index contributed by atoms with van der Waals surface area (Å²) in [5, 5.41) is 116. The number of aliphatic hydroxyl groups excluding tert-OH is 10. The molecule has 6 aliphatic heterocycles. The van der Waals surface area contributed by atoms with Crippen LogP contribution in [0.1, 0.15) is 136 Å². The first-order valence-electron chi connectivity index (χ1n) is 47.4. The first kappa shape index (κ1) is 112. The molecule has 17 N–H and O–H groups in total. The van der Waals surface area contributed by atoms with Crippen molar-refractivity contribution in [2.75, 3.05) is 158 Å². The van der Waals surface area contributed by atoms with Crippen LogP contribution in [0.15, 0.2) is 88.6 Å². The van der Waals surface area contributed by atoms with Crippen LogP contribution in [0.4, 0.5) is 40.3 Å². The van der Waals surface area contributed by atoms with Gasteiger partial charge < -0.3 is 107 Å². The number of hydrogen-bond acceptors (Lipinski definition) is 35. The number of pyridine rings is 2. The number of nitrogens with one attached hydrogen (secondary N) is 3. The van der Waals surface area contributed by atoms with E-state index in [9.17, 15) is 51.1 Å². The summed E-state index contributed by atoms with van der Waals surface area (Å²) in [4.78, 5) is 57.6. The molecule has 45 heteroatoms. The monoisotopic (exact) mass is 2060 g/mol. The number of nitrogens with zero attached hydrogens (tertiary/aromatic N) is 18. The summed E-state index contributed by atoms with van der Waals surface area (Å²) in [6, 6.07) is 3.55. The minimum Gasteiger partial charge on any atom is -0.463 e. The van der Waals surface area contributed by atoms with Gasteiger partial charge in [-0.2, -0.15) is 9.56 Å². The molecule has 0 unspecified atom stereocenters. The smallest absolute Gasteiger partial charge is 0.397 e. The van der Waals surface area contributed by atoms with E-state index >= 15 is 0 Å². The number of allylic oxidation sites excluding steroid dienone is 3. The number of rotatable bonds is 34. The van der Waals surface area contributed by atoms with E-state index in [4.69, 9.17) is 39.9 Å². The van der Waals surface area contributed by atoms with E-state index in [1.807, 2.05) is 20.1 Å². The lowest BCUT2D eigenvalue weighted by Gasteiger charge is -2.19. The molecular weight excluding hydrogens is 1910 g/mol. The molecule has 0 saturated carbocycles. The molecule has 0 aliphatic carbocycles. The molecule has 5 saturated heterocycles. The average Bonchev–Trinajstić information content (AvgIpc) is 1.62. The third-order valence-electron chi connectivity index (χ3n) is 25.1. The minimum absolute atomic E-state index is 0.168. The largest absolute Gasteiger partial charge is 0.463 e. The van der Waals surface area contributed by atoms with Crippen molar-refractivity contribution in [3.8, 4) is 6.01 Å². The summed E-state index contributed by atoms with van der Waals surface area (Å²) in [6.07, 6.45) is 34.5. The van der Waals surface area contributed by atoms with Crippen LogP contribution >= 0.6 is 46.2 Å². The van der Waals surface area contributed by atoms with Gasteiger partial charge in [-0.3, -0.25) is 18.3 Å². The highest BCUT2D eigenvalue weighted by Crippen LogP contribution is 2.47. The van der Waals surface area contributed by atoms with Crippen LogP contribution in [-0.2, 0) is 30.1 Å². The van der Waals surface area contributed by atoms with Gasteiger partial charge in [0.05, 0.1) is 55.6 Å². The molecule has 9 aromatic rings. The molecule has 39 nitrogen and oxygen atoms in total. The van der Waals surface area contributed by atoms with E-state index < -0.39 is 151 Å². The van der Waals surface area contributed by atoms with E-state index in [1.165, 1.54) is 48.3 Å². The third kappa shape index (κ3) is 28.1. The fourth-order valence-electron chi connectivity index (χ4n) is 16.3. The molecule has 15 heterocycles. The van der Waals surface area contributed by atoms with E-state index in [1.54, 1.807) is 60.0 Å². The number of methoxy groups -OCH3 is 1. The van der Waals surface area contributed by atoms with Gasteiger partial charge in [-0.1, -0.05) is 79.4 Å². The van der Waals surface area contributed by atoms with E-state index in [2.05, 4.69) is 239 Å². The molecule has 0 amide bonds. The van der Waals surface area contributed by atoms with Crippen molar-refractivity contribution in [3.63, 3.8) is 0 Å². The number of nitrogens with two attached hydrogens (primary N) is 2. The zero-order valence-corrected chi connectivity index (χ0v) is 89.9. The van der Waals surface area contributed by atoms with Gasteiger partial charge in [-0.15, -0.1) is 65.9 Å². The molecule has 0 aromatic carbocycles. The van der Waals surface area contributed by atoms with Crippen LogP contribution in [0.25, 0.3) is 44.7 Å². The van der Waals surface area contributed by atoms with Crippen molar-refractivity contribution in [2.24, 2.45) is 4.99 Å². The highest BCUT2D eigenvalue weighted by Gasteiger charge is 2.50. The fourth-order valence-corrected chi connectivity index (χ4v) is 21.5. The highest BCUT2D eigenvalue weighted by atomic mass is 32.2. The SMILES string of the molecule is C=P(C)(C)CC[C@H]1OC(=[N+]2C=Nc3c(NC/C=C(/C)CC)nc(OC)nc32)[C@H](O)[C@@H]1O.C=P(C)(C)CC[C@H]1O[C@@H](n2c(C)nc3c(N)ccnc32)[C@H](O)[C@@H]1O.C=P(C)(C)CC[C@H]1O[C@@H](n2c(CC)nc3c(N)ccnc32)[C@H](O)[C@@H]1O.C=P(C)(C)CC[C@H]1O[C@@H](n2cnc3c(NC/C=C(/C)CC)nc(SC)nc32)[C@H](O)[C@@H]1O.C=P(C)(C)CC[C@H]1O[C@@H](n2cnc3c(NC/C=C(/C)CC)ncnc32)[C@H](O)[C@@H]1O. The first-order chi connectivity index (χ1) is 65.9. The van der Waals surface area contributed by atoms with Crippen LogP contribution in [0.3, 0.4) is 0 Å². The average molecular weight is 2060 g/mol. The van der Waals surface area contributed by atoms with Crippen LogP contribution in [-0.4, -0.2) is 399 Å². The second-order valence-corrected chi connectivity index (χ2v) is 62.3. The molecule has 0 radical (unpaired) electrons. The molecule has 19 atom stereocenters. The Morgan fingerprint density at radius 1 is 0.471 bits per heavy atom. The Labute approximate surface area is 826 Å². The Morgan fingerprint density at radius 2 is 0.879 bits per heavy atom. The number of imidazole rings is 4. The normalized spacial score (nSPS) is 26.1.